The number of hydrogen-bond donors (Lipinski definition) is 2. The molecule has 0 unspecified atom stereocenters. The van der Waals surface area contributed by atoms with Gasteiger partial charge < -0.3 is 10.6 Å². The standard InChI is InChI=1S/C23H22N4O3S/c28-19(14-27-21(29)23(26-22(27)30)11-3-4-12-23)24-16-9-7-15(8-10-16)13-20-25-17-5-1-2-6-18(17)31-20/h1-2,5-10H,3-4,11-14H2,(H,24,28)(H,26,30). The fourth-order valence-electron chi connectivity index (χ4n) is 4.36. The van der Waals surface area contributed by atoms with Gasteiger partial charge in [0, 0.05) is 12.1 Å². The molecule has 1 spiro atoms. The average Bonchev–Trinajstić information content (AvgIpc) is 3.44. The van der Waals surface area contributed by atoms with Gasteiger partial charge in [-0.15, -0.1) is 11.3 Å². The molecule has 0 atom stereocenters. The number of para-hydroxylation sites is 1. The molecule has 5 rings (SSSR count). The molecule has 1 saturated carbocycles. The summed E-state index contributed by atoms with van der Waals surface area (Å²) in [5, 5.41) is 6.61. The van der Waals surface area contributed by atoms with E-state index < -0.39 is 17.5 Å². The molecule has 31 heavy (non-hydrogen) atoms. The molecular formula is C23H22N4O3S. The van der Waals surface area contributed by atoms with Crippen molar-refractivity contribution in [2.24, 2.45) is 0 Å². The molecule has 158 valence electrons. The van der Waals surface area contributed by atoms with E-state index in [1.165, 1.54) is 4.70 Å². The van der Waals surface area contributed by atoms with Gasteiger partial charge >= 0.3 is 6.03 Å². The summed E-state index contributed by atoms with van der Waals surface area (Å²) in [6.07, 6.45) is 3.83. The summed E-state index contributed by atoms with van der Waals surface area (Å²) in [6.45, 7) is -0.278. The first kappa shape index (κ1) is 19.7. The fraction of sp³-hybridized carbons (Fsp3) is 0.304. The lowest BCUT2D eigenvalue weighted by molar-refractivity contribution is -0.133. The average molecular weight is 435 g/mol. The molecule has 1 saturated heterocycles. The lowest BCUT2D eigenvalue weighted by atomic mass is 9.98. The van der Waals surface area contributed by atoms with Crippen molar-refractivity contribution in [1.29, 1.82) is 0 Å². The summed E-state index contributed by atoms with van der Waals surface area (Å²) in [4.78, 5) is 43.0. The van der Waals surface area contributed by atoms with Crippen molar-refractivity contribution in [2.45, 2.75) is 37.6 Å². The number of carbonyl (C=O) groups excluding carboxylic acids is 3. The quantitative estimate of drug-likeness (QED) is 0.599. The number of nitrogens with one attached hydrogen (secondary N) is 2. The summed E-state index contributed by atoms with van der Waals surface area (Å²) >= 11 is 1.68. The van der Waals surface area contributed by atoms with Crippen molar-refractivity contribution in [3.8, 4) is 0 Å². The second kappa shape index (κ2) is 7.77. The summed E-state index contributed by atoms with van der Waals surface area (Å²) in [5.74, 6) is -0.672. The second-order valence-electron chi connectivity index (χ2n) is 8.11. The number of amides is 4. The third-order valence-corrected chi connectivity index (χ3v) is 6.97. The predicted octanol–water partition coefficient (Wildman–Crippen LogP) is 3.69. The predicted molar refractivity (Wildman–Crippen MR) is 119 cm³/mol. The first-order valence-corrected chi connectivity index (χ1v) is 11.2. The highest BCUT2D eigenvalue weighted by molar-refractivity contribution is 7.18. The Morgan fingerprint density at radius 2 is 1.84 bits per heavy atom. The maximum Gasteiger partial charge on any atom is 0.325 e. The van der Waals surface area contributed by atoms with Gasteiger partial charge in [0.05, 0.1) is 15.2 Å². The Bertz CT molecular complexity index is 1130. The number of fused-ring (bicyclic) bond motifs is 1. The van der Waals surface area contributed by atoms with Gasteiger partial charge in [-0.1, -0.05) is 37.1 Å². The van der Waals surface area contributed by atoms with Crippen LogP contribution in [0.5, 0.6) is 0 Å². The van der Waals surface area contributed by atoms with Crippen molar-refractivity contribution in [2.75, 3.05) is 11.9 Å². The zero-order chi connectivity index (χ0) is 21.4. The Hall–Kier alpha value is -3.26. The van der Waals surface area contributed by atoms with Crippen LogP contribution in [0.2, 0.25) is 0 Å². The molecule has 3 aromatic rings. The number of hydrogen-bond acceptors (Lipinski definition) is 5. The fourth-order valence-corrected chi connectivity index (χ4v) is 5.36. The summed E-state index contributed by atoms with van der Waals surface area (Å²) < 4.78 is 1.17. The number of nitrogens with zero attached hydrogens (tertiary/aromatic N) is 2. The highest BCUT2D eigenvalue weighted by atomic mass is 32.1. The molecule has 2 N–H and O–H groups in total. The number of aromatic nitrogens is 1. The number of anilines is 1. The number of urea groups is 1. The smallest absolute Gasteiger partial charge is 0.325 e. The van der Waals surface area contributed by atoms with Crippen LogP contribution < -0.4 is 10.6 Å². The van der Waals surface area contributed by atoms with Crippen molar-refractivity contribution in [1.82, 2.24) is 15.2 Å². The monoisotopic (exact) mass is 434 g/mol. The second-order valence-corrected chi connectivity index (χ2v) is 9.22. The van der Waals surface area contributed by atoms with E-state index in [1.54, 1.807) is 11.3 Å². The largest absolute Gasteiger partial charge is 0.325 e. The van der Waals surface area contributed by atoms with Gasteiger partial charge in [-0.25, -0.2) is 9.78 Å². The maximum absolute atomic E-state index is 12.7. The lowest BCUT2D eigenvalue weighted by Gasteiger charge is -2.19. The first-order valence-electron chi connectivity index (χ1n) is 10.4. The SMILES string of the molecule is O=C(CN1C(=O)NC2(CCCC2)C1=O)Nc1ccc(Cc2nc3ccccc3s2)cc1. The van der Waals surface area contributed by atoms with E-state index in [4.69, 9.17) is 0 Å². The van der Waals surface area contributed by atoms with Gasteiger partial charge in [0.1, 0.15) is 12.1 Å². The highest BCUT2D eigenvalue weighted by Gasteiger charge is 2.52. The van der Waals surface area contributed by atoms with Gasteiger partial charge in [-0.3, -0.25) is 14.5 Å². The molecule has 2 aliphatic rings. The Kier molecular flexibility index (Phi) is 4.94. The molecule has 2 fully saturated rings. The number of rotatable bonds is 5. The van der Waals surface area contributed by atoms with Crippen LogP contribution in [0.1, 0.15) is 36.3 Å². The molecule has 7 nitrogen and oxygen atoms in total. The molecule has 1 aliphatic heterocycles. The van der Waals surface area contributed by atoms with Gasteiger partial charge in [-0.05, 0) is 42.7 Å². The zero-order valence-corrected chi connectivity index (χ0v) is 17.7. The minimum atomic E-state index is -0.792. The third-order valence-electron chi connectivity index (χ3n) is 5.94. The molecule has 1 aliphatic carbocycles. The molecular weight excluding hydrogens is 412 g/mol. The van der Waals surface area contributed by atoms with Gasteiger partial charge in [-0.2, -0.15) is 0 Å². The van der Waals surface area contributed by atoms with Crippen LogP contribution in [0.3, 0.4) is 0 Å². The number of carbonyl (C=O) groups is 3. The van der Waals surface area contributed by atoms with Gasteiger partial charge in [0.25, 0.3) is 5.91 Å². The van der Waals surface area contributed by atoms with E-state index in [9.17, 15) is 14.4 Å². The molecule has 0 radical (unpaired) electrons. The molecule has 0 bridgehead atoms. The molecule has 8 heteroatoms. The van der Waals surface area contributed by atoms with Crippen LogP contribution in [0.15, 0.2) is 48.5 Å². The van der Waals surface area contributed by atoms with E-state index in [0.717, 1.165) is 40.3 Å². The van der Waals surface area contributed by atoms with Crippen LogP contribution in [0.4, 0.5) is 10.5 Å². The van der Waals surface area contributed by atoms with Gasteiger partial charge in [0.15, 0.2) is 0 Å². The molecule has 2 aromatic carbocycles. The van der Waals surface area contributed by atoms with Crippen LogP contribution in [0, 0.1) is 0 Å². The van der Waals surface area contributed by atoms with Crippen molar-refractivity contribution in [3.05, 3.63) is 59.1 Å². The zero-order valence-electron chi connectivity index (χ0n) is 16.9. The van der Waals surface area contributed by atoms with Crippen molar-refractivity contribution >= 4 is 45.1 Å². The Balaban J connectivity index is 1.20. The van der Waals surface area contributed by atoms with Crippen LogP contribution >= 0.6 is 11.3 Å². The van der Waals surface area contributed by atoms with E-state index in [-0.39, 0.29) is 12.5 Å². The number of thiazole rings is 1. The van der Waals surface area contributed by atoms with E-state index >= 15 is 0 Å². The van der Waals surface area contributed by atoms with Crippen LogP contribution in [-0.2, 0) is 16.0 Å². The summed E-state index contributed by atoms with van der Waals surface area (Å²) in [5.41, 5.74) is 1.93. The van der Waals surface area contributed by atoms with Crippen LogP contribution in [0.25, 0.3) is 10.2 Å². The van der Waals surface area contributed by atoms with E-state index in [0.29, 0.717) is 18.5 Å². The van der Waals surface area contributed by atoms with Gasteiger partial charge in [0.2, 0.25) is 5.91 Å². The van der Waals surface area contributed by atoms with Crippen molar-refractivity contribution in [3.63, 3.8) is 0 Å². The normalized spacial score (nSPS) is 17.5. The highest BCUT2D eigenvalue weighted by Crippen LogP contribution is 2.35. The summed E-state index contributed by atoms with van der Waals surface area (Å²) in [7, 11) is 0. The third kappa shape index (κ3) is 3.79. The Morgan fingerprint density at radius 1 is 1.10 bits per heavy atom. The minimum absolute atomic E-state index is 0.278. The Morgan fingerprint density at radius 3 is 2.58 bits per heavy atom. The molecule has 2 heterocycles. The molecule has 1 aromatic heterocycles. The Labute approximate surface area is 183 Å². The van der Waals surface area contributed by atoms with Crippen LogP contribution in [-0.4, -0.2) is 39.8 Å². The molecule has 4 amide bonds. The summed E-state index contributed by atoms with van der Waals surface area (Å²) in [6, 6.07) is 15.1. The van der Waals surface area contributed by atoms with E-state index in [1.807, 2.05) is 42.5 Å². The van der Waals surface area contributed by atoms with Crippen molar-refractivity contribution < 1.29 is 14.4 Å². The number of benzene rings is 2. The lowest BCUT2D eigenvalue weighted by Crippen LogP contribution is -2.44. The number of imide groups is 1. The van der Waals surface area contributed by atoms with E-state index in [2.05, 4.69) is 21.7 Å². The first-order chi connectivity index (χ1) is 15.0. The topological polar surface area (TPSA) is 91.4 Å². The minimum Gasteiger partial charge on any atom is -0.325 e. The maximum atomic E-state index is 12.7.